The van der Waals surface area contributed by atoms with E-state index in [1.807, 2.05) is 25.2 Å². The maximum atomic E-state index is 13.5. The van der Waals surface area contributed by atoms with Gasteiger partial charge in [0.15, 0.2) is 0 Å². The number of hydrogen-bond donors (Lipinski definition) is 3. The monoisotopic (exact) mass is 523 g/mol. The van der Waals surface area contributed by atoms with Gasteiger partial charge in [-0.05, 0) is 61.7 Å². The second kappa shape index (κ2) is 8.60. The predicted octanol–water partition coefficient (Wildman–Crippen LogP) is 1.38. The lowest BCUT2D eigenvalue weighted by Crippen LogP contribution is -2.60. The van der Waals surface area contributed by atoms with Crippen LogP contribution in [0.1, 0.15) is 58.8 Å². The number of carbonyl (C=O) groups excluding carboxylic acids is 4. The number of alkyl halides is 3. The highest BCUT2D eigenvalue weighted by Gasteiger charge is 2.70. The minimum absolute atomic E-state index is 0.0107. The van der Waals surface area contributed by atoms with Crippen LogP contribution in [0.15, 0.2) is 0 Å². The van der Waals surface area contributed by atoms with E-state index in [4.69, 9.17) is 0 Å². The summed E-state index contributed by atoms with van der Waals surface area (Å²) in [7, 11) is 0. The lowest BCUT2D eigenvalue weighted by Gasteiger charge is -2.38. The average molecular weight is 524 g/mol. The second-order valence-corrected chi connectivity index (χ2v) is 12.1. The molecule has 1 spiro atoms. The van der Waals surface area contributed by atoms with Gasteiger partial charge in [-0.2, -0.15) is 18.4 Å². The van der Waals surface area contributed by atoms with E-state index in [-0.39, 0.29) is 47.6 Å². The van der Waals surface area contributed by atoms with Crippen molar-refractivity contribution < 1.29 is 32.3 Å². The Kier molecular flexibility index (Phi) is 5.99. The van der Waals surface area contributed by atoms with Crippen molar-refractivity contribution in [2.75, 3.05) is 6.54 Å². The molecule has 37 heavy (non-hydrogen) atoms. The molecule has 0 aromatic heterocycles. The van der Waals surface area contributed by atoms with E-state index in [1.54, 1.807) is 0 Å². The Hall–Kier alpha value is -2.84. The molecule has 12 heteroatoms. The van der Waals surface area contributed by atoms with E-state index in [2.05, 4.69) is 10.6 Å². The van der Waals surface area contributed by atoms with Gasteiger partial charge < -0.3 is 20.9 Å². The summed E-state index contributed by atoms with van der Waals surface area (Å²) in [6, 6.07) is -1.21. The normalized spacial score (nSPS) is 32.4. The lowest BCUT2D eigenvalue weighted by atomic mass is 9.79. The van der Waals surface area contributed by atoms with Crippen molar-refractivity contribution in [3.8, 4) is 6.07 Å². The minimum Gasteiger partial charge on any atom is -0.350 e. The molecule has 0 radical (unpaired) electrons. The molecule has 5 fully saturated rings. The van der Waals surface area contributed by atoms with Crippen molar-refractivity contribution in [2.45, 2.75) is 88.6 Å². The summed E-state index contributed by atoms with van der Waals surface area (Å²) in [5, 5.41) is 17.3. The quantitative estimate of drug-likeness (QED) is 0.464. The van der Waals surface area contributed by atoms with Gasteiger partial charge in [0.25, 0.3) is 0 Å². The van der Waals surface area contributed by atoms with Gasteiger partial charge in [-0.25, -0.2) is 0 Å². The summed E-state index contributed by atoms with van der Waals surface area (Å²) in [4.78, 5) is 52.4. The smallest absolute Gasteiger partial charge is 0.350 e. The van der Waals surface area contributed by atoms with E-state index in [0.717, 1.165) is 19.3 Å². The molecule has 0 aromatic rings. The summed E-state index contributed by atoms with van der Waals surface area (Å²) >= 11 is 0. The van der Waals surface area contributed by atoms with Crippen LogP contribution in [0, 0.1) is 40.4 Å². The number of fused-ring (bicyclic) bond motifs is 1. The highest BCUT2D eigenvalue weighted by atomic mass is 19.4. The predicted molar refractivity (Wildman–Crippen MR) is 122 cm³/mol. The second-order valence-electron chi connectivity index (χ2n) is 12.1. The first-order valence-electron chi connectivity index (χ1n) is 13.0. The fourth-order valence-corrected chi connectivity index (χ4v) is 6.70. The summed E-state index contributed by atoms with van der Waals surface area (Å²) in [6.07, 6.45) is -0.767. The summed E-state index contributed by atoms with van der Waals surface area (Å²) in [6.45, 7) is 4.14. The summed E-state index contributed by atoms with van der Waals surface area (Å²) in [5.74, 6) is -4.57. The molecule has 0 bridgehead atoms. The van der Waals surface area contributed by atoms with Crippen LogP contribution in [0.2, 0.25) is 0 Å². The standard InChI is InChI=1S/C25H32F3N5O4/c1-23(2)15-11-33(21(36)17(12-4-3-5-12)31-22(37)25(26,27)28)18(16(15)23)20(35)30-14(10-29)8-13-9-24(6-7-24)32-19(13)34/h12-18H,3-9,11H2,1-2H3,(H,30,35)(H,31,37)(H,32,34)/t13-,14+,15?,16?,17+,18?/m1/s1. The Labute approximate surface area is 212 Å². The Balaban J connectivity index is 1.30. The molecule has 2 heterocycles. The van der Waals surface area contributed by atoms with Crippen LogP contribution >= 0.6 is 0 Å². The highest BCUT2D eigenvalue weighted by Crippen LogP contribution is 2.65. The van der Waals surface area contributed by atoms with Gasteiger partial charge in [0, 0.05) is 18.0 Å². The highest BCUT2D eigenvalue weighted by molar-refractivity contribution is 5.94. The Bertz CT molecular complexity index is 1060. The molecule has 0 aromatic carbocycles. The van der Waals surface area contributed by atoms with Crippen LogP contribution in [-0.2, 0) is 19.2 Å². The molecule has 3 unspecified atom stereocenters. The number of piperidine rings is 1. The maximum Gasteiger partial charge on any atom is 0.471 e. The molecule has 4 amide bonds. The van der Waals surface area contributed by atoms with E-state index >= 15 is 0 Å². The molecule has 9 nitrogen and oxygen atoms in total. The third-order valence-electron chi connectivity index (χ3n) is 9.43. The van der Waals surface area contributed by atoms with E-state index in [1.165, 1.54) is 4.90 Å². The van der Waals surface area contributed by atoms with Crippen molar-refractivity contribution in [2.24, 2.45) is 29.1 Å². The summed E-state index contributed by atoms with van der Waals surface area (Å²) < 4.78 is 38.9. The van der Waals surface area contributed by atoms with Crippen molar-refractivity contribution >= 4 is 23.6 Å². The molecular weight excluding hydrogens is 491 g/mol. The number of nitrogens with zero attached hydrogens (tertiary/aromatic N) is 2. The zero-order chi connectivity index (χ0) is 26.9. The van der Waals surface area contributed by atoms with Gasteiger partial charge in [-0.3, -0.25) is 19.2 Å². The largest absolute Gasteiger partial charge is 0.471 e. The van der Waals surface area contributed by atoms with Gasteiger partial charge >= 0.3 is 12.1 Å². The Morgan fingerprint density at radius 3 is 2.41 bits per heavy atom. The lowest BCUT2D eigenvalue weighted by molar-refractivity contribution is -0.176. The molecular formula is C25H32F3N5O4. The van der Waals surface area contributed by atoms with Crippen LogP contribution in [-0.4, -0.2) is 64.9 Å². The van der Waals surface area contributed by atoms with Crippen LogP contribution < -0.4 is 16.0 Å². The van der Waals surface area contributed by atoms with E-state index in [0.29, 0.717) is 19.3 Å². The first-order valence-corrected chi connectivity index (χ1v) is 13.0. The van der Waals surface area contributed by atoms with Crippen molar-refractivity contribution in [1.82, 2.24) is 20.9 Å². The van der Waals surface area contributed by atoms with Crippen LogP contribution in [0.4, 0.5) is 13.2 Å². The molecule has 5 aliphatic rings. The maximum absolute atomic E-state index is 13.5. The molecule has 5 rings (SSSR count). The summed E-state index contributed by atoms with van der Waals surface area (Å²) in [5.41, 5.74) is -0.408. The number of nitrogens with one attached hydrogen (secondary N) is 3. The third-order valence-corrected chi connectivity index (χ3v) is 9.43. The van der Waals surface area contributed by atoms with Gasteiger partial charge in [0.1, 0.15) is 18.1 Å². The number of likely N-dealkylation sites (tertiary alicyclic amines) is 1. The number of carbonyl (C=O) groups is 4. The van der Waals surface area contributed by atoms with Gasteiger partial charge in [0.2, 0.25) is 17.7 Å². The van der Waals surface area contributed by atoms with Gasteiger partial charge in [-0.15, -0.1) is 0 Å². The van der Waals surface area contributed by atoms with Crippen molar-refractivity contribution in [1.29, 1.82) is 5.26 Å². The Morgan fingerprint density at radius 2 is 1.89 bits per heavy atom. The molecule has 3 aliphatic carbocycles. The topological polar surface area (TPSA) is 131 Å². The van der Waals surface area contributed by atoms with E-state index in [9.17, 15) is 37.6 Å². The molecule has 3 N–H and O–H groups in total. The molecule has 202 valence electrons. The Morgan fingerprint density at radius 1 is 1.22 bits per heavy atom. The molecule has 3 saturated carbocycles. The zero-order valence-electron chi connectivity index (χ0n) is 20.9. The molecule has 2 aliphatic heterocycles. The number of hydrogen-bond acceptors (Lipinski definition) is 5. The number of rotatable bonds is 7. The first-order chi connectivity index (χ1) is 17.3. The zero-order valence-corrected chi connectivity index (χ0v) is 20.9. The number of nitriles is 1. The number of halogens is 3. The minimum atomic E-state index is -5.13. The SMILES string of the molecule is CC1(C)C2CN(C(=O)[C@@H](NC(=O)C(F)(F)F)C3CCC3)C(C(=O)N[C@H](C#N)C[C@@H]3CC4(CC4)NC3=O)C21. The molecule has 2 saturated heterocycles. The van der Waals surface area contributed by atoms with Crippen LogP contribution in [0.3, 0.4) is 0 Å². The van der Waals surface area contributed by atoms with Gasteiger partial charge in [-0.1, -0.05) is 20.3 Å². The van der Waals surface area contributed by atoms with Gasteiger partial charge in [0.05, 0.1) is 6.07 Å². The van der Waals surface area contributed by atoms with Crippen molar-refractivity contribution in [3.05, 3.63) is 0 Å². The van der Waals surface area contributed by atoms with Crippen LogP contribution in [0.5, 0.6) is 0 Å². The fourth-order valence-electron chi connectivity index (χ4n) is 6.70. The van der Waals surface area contributed by atoms with E-state index < -0.39 is 47.9 Å². The molecule has 6 atom stereocenters. The third kappa shape index (κ3) is 4.55. The van der Waals surface area contributed by atoms with Crippen molar-refractivity contribution in [3.63, 3.8) is 0 Å². The number of amides is 4. The first kappa shape index (κ1) is 25.8. The fraction of sp³-hybridized carbons (Fsp3) is 0.800. The average Bonchev–Trinajstić information content (AvgIpc) is 3.49. The van der Waals surface area contributed by atoms with Crippen LogP contribution in [0.25, 0.3) is 0 Å².